The maximum absolute atomic E-state index is 13.0. The van der Waals surface area contributed by atoms with Crippen molar-refractivity contribution in [2.45, 2.75) is 78.6 Å². The molecule has 2 N–H and O–H groups in total. The van der Waals surface area contributed by atoms with Crippen molar-refractivity contribution in [3.05, 3.63) is 70.9 Å². The molecule has 0 fully saturated rings. The second-order valence-corrected chi connectivity index (χ2v) is 13.6. The van der Waals surface area contributed by atoms with Crippen LogP contribution in [0.15, 0.2) is 60.9 Å². The highest BCUT2D eigenvalue weighted by molar-refractivity contribution is 7.15. The second kappa shape index (κ2) is 18.2. The van der Waals surface area contributed by atoms with E-state index in [1.165, 1.54) is 0 Å². The van der Waals surface area contributed by atoms with Gasteiger partial charge in [-0.05, 0) is 47.9 Å². The molecule has 48 heavy (non-hydrogen) atoms. The molecule has 0 radical (unpaired) electrons. The highest BCUT2D eigenvalue weighted by Gasteiger charge is 2.24. The largest absolute Gasteiger partial charge is 0.347 e. The summed E-state index contributed by atoms with van der Waals surface area (Å²) in [4.78, 5) is 62.7. The maximum Gasteiger partial charge on any atom is 0.245 e. The molecular weight excluding hydrogens is 645 g/mol. The lowest BCUT2D eigenvalue weighted by atomic mass is 10.0. The van der Waals surface area contributed by atoms with E-state index in [0.717, 1.165) is 54.9 Å². The van der Waals surface area contributed by atoms with Crippen LogP contribution in [-0.4, -0.2) is 69.6 Å². The molecule has 0 aliphatic heterocycles. The van der Waals surface area contributed by atoms with Crippen LogP contribution < -0.4 is 10.6 Å². The zero-order chi connectivity index (χ0) is 34.5. The monoisotopic (exact) mass is 688 g/mol. The van der Waals surface area contributed by atoms with Crippen molar-refractivity contribution in [2.24, 2.45) is 0 Å². The number of benzene rings is 2. The summed E-state index contributed by atoms with van der Waals surface area (Å²) in [5.74, 6) is -0.176. The van der Waals surface area contributed by atoms with Crippen molar-refractivity contribution in [1.82, 2.24) is 30.4 Å². The molecule has 0 saturated heterocycles. The molecule has 0 saturated carbocycles. The van der Waals surface area contributed by atoms with Gasteiger partial charge in [0.1, 0.15) is 22.1 Å². The molecule has 12 heteroatoms. The van der Waals surface area contributed by atoms with E-state index in [9.17, 15) is 19.2 Å². The zero-order valence-electron chi connectivity index (χ0n) is 28.0. The van der Waals surface area contributed by atoms with Gasteiger partial charge in [0.15, 0.2) is 0 Å². The first-order chi connectivity index (χ1) is 23.3. The summed E-state index contributed by atoms with van der Waals surface area (Å²) >= 11 is 3.13. The second-order valence-electron chi connectivity index (χ2n) is 11.4. The number of thiazole rings is 2. The summed E-state index contributed by atoms with van der Waals surface area (Å²) in [7, 11) is 0. The Bertz CT molecular complexity index is 1510. The lowest BCUT2D eigenvalue weighted by Crippen LogP contribution is -2.45. The van der Waals surface area contributed by atoms with E-state index in [1.54, 1.807) is 32.5 Å². The average Bonchev–Trinajstić information content (AvgIpc) is 3.79. The van der Waals surface area contributed by atoms with Crippen molar-refractivity contribution in [2.75, 3.05) is 13.1 Å². The van der Waals surface area contributed by atoms with Crippen LogP contribution in [0.4, 0.5) is 0 Å². The molecule has 0 bridgehead atoms. The summed E-state index contributed by atoms with van der Waals surface area (Å²) in [6, 6.07) is 15.7. The third kappa shape index (κ3) is 9.35. The van der Waals surface area contributed by atoms with Crippen LogP contribution in [0.3, 0.4) is 0 Å². The minimum Gasteiger partial charge on any atom is -0.347 e. The van der Waals surface area contributed by atoms with E-state index in [0.29, 0.717) is 51.8 Å². The van der Waals surface area contributed by atoms with Crippen LogP contribution in [0, 0.1) is 0 Å². The number of carbonyl (C=O) groups is 4. The van der Waals surface area contributed by atoms with E-state index in [4.69, 9.17) is 0 Å². The predicted octanol–water partition coefficient (Wildman–Crippen LogP) is 6.13. The summed E-state index contributed by atoms with van der Waals surface area (Å²) in [6.07, 6.45) is 7.57. The topological polar surface area (TPSA) is 125 Å². The van der Waals surface area contributed by atoms with Crippen LogP contribution in [0.5, 0.6) is 0 Å². The number of carbonyl (C=O) groups excluding carboxylic acids is 4. The van der Waals surface area contributed by atoms with Crippen molar-refractivity contribution in [3.63, 3.8) is 0 Å². The fraction of sp³-hybridized carbons (Fsp3) is 0.389. The van der Waals surface area contributed by atoms with Gasteiger partial charge in [-0.15, -0.1) is 22.7 Å². The maximum atomic E-state index is 13.0. The van der Waals surface area contributed by atoms with Crippen molar-refractivity contribution >= 4 is 47.3 Å². The summed E-state index contributed by atoms with van der Waals surface area (Å²) in [5, 5.41) is 6.95. The Kier molecular flexibility index (Phi) is 13.8. The third-order valence-electron chi connectivity index (χ3n) is 7.99. The SMILES string of the molecule is CCCN(Cc1ncc(-c2ccc(-c3ccc(-c4cnc(CN(CCC)C(=O)[C@H](CC)NC=O)s4)cc3)cc2)s1)C(=O)[C@H](CC)NC=O. The Morgan fingerprint density at radius 1 is 0.646 bits per heavy atom. The minimum absolute atomic E-state index is 0.0882. The van der Waals surface area contributed by atoms with Crippen LogP contribution >= 0.6 is 22.7 Å². The molecule has 4 aromatic rings. The molecule has 0 spiro atoms. The van der Waals surface area contributed by atoms with Gasteiger partial charge in [-0.2, -0.15) is 0 Å². The first-order valence-corrected chi connectivity index (χ1v) is 18.1. The average molecular weight is 689 g/mol. The molecule has 254 valence electrons. The van der Waals surface area contributed by atoms with E-state index in [1.807, 2.05) is 40.1 Å². The van der Waals surface area contributed by atoms with Crippen LogP contribution in [-0.2, 0) is 32.3 Å². The van der Waals surface area contributed by atoms with Crippen LogP contribution in [0.2, 0.25) is 0 Å². The molecule has 2 aromatic carbocycles. The Balaban J connectivity index is 1.41. The molecule has 10 nitrogen and oxygen atoms in total. The van der Waals surface area contributed by atoms with E-state index in [-0.39, 0.29) is 11.8 Å². The number of rotatable bonds is 19. The fourth-order valence-corrected chi connectivity index (χ4v) is 7.30. The number of hydrogen-bond acceptors (Lipinski definition) is 8. The Labute approximate surface area is 290 Å². The third-order valence-corrected chi connectivity index (χ3v) is 10.1. The van der Waals surface area contributed by atoms with E-state index < -0.39 is 12.1 Å². The predicted molar refractivity (Wildman–Crippen MR) is 192 cm³/mol. The lowest BCUT2D eigenvalue weighted by Gasteiger charge is -2.25. The molecule has 0 aliphatic carbocycles. The first-order valence-electron chi connectivity index (χ1n) is 16.4. The number of nitrogens with one attached hydrogen (secondary N) is 2. The van der Waals surface area contributed by atoms with Gasteiger partial charge >= 0.3 is 0 Å². The lowest BCUT2D eigenvalue weighted by molar-refractivity contribution is -0.135. The highest BCUT2D eigenvalue weighted by atomic mass is 32.1. The smallest absolute Gasteiger partial charge is 0.245 e. The van der Waals surface area contributed by atoms with Gasteiger partial charge in [0.05, 0.1) is 22.8 Å². The summed E-state index contributed by atoms with van der Waals surface area (Å²) in [5.41, 5.74) is 4.30. The molecule has 2 atom stereocenters. The van der Waals surface area contributed by atoms with Gasteiger partial charge in [-0.3, -0.25) is 19.2 Å². The van der Waals surface area contributed by atoms with Gasteiger partial charge < -0.3 is 20.4 Å². The summed E-state index contributed by atoms with van der Waals surface area (Å²) < 4.78 is 0. The zero-order valence-corrected chi connectivity index (χ0v) is 29.6. The molecule has 0 aliphatic rings. The van der Waals surface area contributed by atoms with Gasteiger partial charge in [0.2, 0.25) is 24.6 Å². The molecule has 2 heterocycles. The van der Waals surface area contributed by atoms with Gasteiger partial charge in [-0.25, -0.2) is 9.97 Å². The van der Waals surface area contributed by atoms with Crippen molar-refractivity contribution in [3.8, 4) is 32.0 Å². The number of aromatic nitrogens is 2. The van der Waals surface area contributed by atoms with Crippen molar-refractivity contribution < 1.29 is 19.2 Å². The van der Waals surface area contributed by atoms with Gasteiger partial charge in [-0.1, -0.05) is 76.2 Å². The Morgan fingerprint density at radius 2 is 1.00 bits per heavy atom. The molecule has 4 amide bonds. The quantitative estimate of drug-likeness (QED) is 0.114. The minimum atomic E-state index is -0.528. The first kappa shape index (κ1) is 36.4. The molecule has 2 aromatic heterocycles. The molecule has 4 rings (SSSR count). The number of nitrogens with zero attached hydrogens (tertiary/aromatic N) is 4. The van der Waals surface area contributed by atoms with Gasteiger partial charge in [0, 0.05) is 25.5 Å². The Hall–Kier alpha value is -4.42. The van der Waals surface area contributed by atoms with Crippen LogP contribution in [0.25, 0.3) is 32.0 Å². The van der Waals surface area contributed by atoms with Crippen molar-refractivity contribution in [1.29, 1.82) is 0 Å². The number of hydrogen-bond donors (Lipinski definition) is 2. The van der Waals surface area contributed by atoms with Gasteiger partial charge in [0.25, 0.3) is 0 Å². The summed E-state index contributed by atoms with van der Waals surface area (Å²) in [6.45, 7) is 9.84. The highest BCUT2D eigenvalue weighted by Crippen LogP contribution is 2.32. The normalized spacial score (nSPS) is 12.2. The fourth-order valence-electron chi connectivity index (χ4n) is 5.42. The van der Waals surface area contributed by atoms with E-state index in [2.05, 4.69) is 69.1 Å². The molecule has 0 unspecified atom stereocenters. The Morgan fingerprint density at radius 3 is 1.31 bits per heavy atom. The standard InChI is InChI=1S/C36H44N6O4S2/c1-5-17-41(35(45)29(7-3)39-23-43)21-33-37-19-31(47-33)27-13-9-25(10-14-27)26-11-15-28(16-12-26)32-20-38-34(48-32)22-42(18-6-2)36(46)30(8-4)40-24-44/h9-16,19-20,23-24,29-30H,5-8,17-18,21-22H2,1-4H3,(H,39,43)(H,40,44)/t29-,30-/m0/s1. The van der Waals surface area contributed by atoms with Crippen LogP contribution in [0.1, 0.15) is 63.4 Å². The molecular formula is C36H44N6O4S2. The number of amides is 4. The van der Waals surface area contributed by atoms with E-state index >= 15 is 0 Å².